The Morgan fingerprint density at radius 3 is 1.91 bits per heavy atom. The van der Waals surface area contributed by atoms with E-state index in [0.717, 1.165) is 32.4 Å². The predicted octanol–water partition coefficient (Wildman–Crippen LogP) is 5.99. The maximum Gasteiger partial charge on any atom is 0.0717 e. The van der Waals surface area contributed by atoms with Crippen molar-refractivity contribution >= 4 is 0 Å². The van der Waals surface area contributed by atoms with Crippen LogP contribution < -0.4 is 0 Å². The second-order valence-electron chi connectivity index (χ2n) is 8.96. The molecule has 3 aromatic rings. The second-order valence-corrected chi connectivity index (χ2v) is 8.96. The normalized spacial score (nSPS) is 18.1. The SMILES string of the molecule is OC[C@@H]1CCC/C1=C\[C@H](COCc1ccccc1)N(Cc1ccccc1)Cc1ccccc1. The van der Waals surface area contributed by atoms with Crippen molar-refractivity contribution in [2.75, 3.05) is 13.2 Å². The number of rotatable bonds is 11. The van der Waals surface area contributed by atoms with Crippen LogP contribution in [0.3, 0.4) is 0 Å². The third-order valence-electron chi connectivity index (χ3n) is 6.50. The summed E-state index contributed by atoms with van der Waals surface area (Å²) in [6.45, 7) is 3.16. The first-order valence-corrected chi connectivity index (χ1v) is 12.1. The number of hydrogen-bond donors (Lipinski definition) is 1. The lowest BCUT2D eigenvalue weighted by atomic mass is 10.0. The molecule has 1 aliphatic rings. The molecule has 0 aromatic heterocycles. The smallest absolute Gasteiger partial charge is 0.0717 e. The molecule has 1 saturated carbocycles. The molecule has 3 nitrogen and oxygen atoms in total. The third kappa shape index (κ3) is 7.13. The lowest BCUT2D eigenvalue weighted by molar-refractivity contribution is 0.0605. The highest BCUT2D eigenvalue weighted by atomic mass is 16.5. The molecule has 0 aliphatic heterocycles. The van der Waals surface area contributed by atoms with Crippen LogP contribution in [0.5, 0.6) is 0 Å². The molecule has 3 aromatic carbocycles. The van der Waals surface area contributed by atoms with Gasteiger partial charge >= 0.3 is 0 Å². The molecule has 0 bridgehead atoms. The number of benzene rings is 3. The van der Waals surface area contributed by atoms with Crippen molar-refractivity contribution in [3.05, 3.63) is 119 Å². The molecule has 4 rings (SSSR count). The number of aliphatic hydroxyl groups excluding tert-OH is 1. The summed E-state index contributed by atoms with van der Waals surface area (Å²) >= 11 is 0. The Morgan fingerprint density at radius 1 is 0.818 bits per heavy atom. The Hall–Kier alpha value is -2.72. The van der Waals surface area contributed by atoms with Gasteiger partial charge in [-0.3, -0.25) is 4.90 Å². The van der Waals surface area contributed by atoms with Crippen LogP contribution in [-0.4, -0.2) is 29.3 Å². The van der Waals surface area contributed by atoms with E-state index in [1.165, 1.54) is 22.3 Å². The monoisotopic (exact) mass is 441 g/mol. The van der Waals surface area contributed by atoms with Gasteiger partial charge in [0.25, 0.3) is 0 Å². The van der Waals surface area contributed by atoms with Crippen LogP contribution in [0.15, 0.2) is 103 Å². The van der Waals surface area contributed by atoms with Crippen molar-refractivity contribution in [2.45, 2.75) is 45.0 Å². The van der Waals surface area contributed by atoms with Crippen molar-refractivity contribution in [1.29, 1.82) is 0 Å². The van der Waals surface area contributed by atoms with Crippen molar-refractivity contribution in [1.82, 2.24) is 4.90 Å². The van der Waals surface area contributed by atoms with E-state index in [1.807, 2.05) is 6.07 Å². The first-order chi connectivity index (χ1) is 16.3. The Morgan fingerprint density at radius 2 is 1.36 bits per heavy atom. The molecule has 0 saturated heterocycles. The average molecular weight is 442 g/mol. The van der Waals surface area contributed by atoms with Gasteiger partial charge in [-0.25, -0.2) is 0 Å². The Kier molecular flexibility index (Phi) is 8.88. The molecule has 0 spiro atoms. The summed E-state index contributed by atoms with van der Waals surface area (Å²) in [5.74, 6) is 0.289. The van der Waals surface area contributed by atoms with E-state index in [-0.39, 0.29) is 18.6 Å². The number of ether oxygens (including phenoxy) is 1. The van der Waals surface area contributed by atoms with Gasteiger partial charge in [-0.05, 0) is 36.0 Å². The molecule has 1 N–H and O–H groups in total. The van der Waals surface area contributed by atoms with E-state index in [9.17, 15) is 5.11 Å². The summed E-state index contributed by atoms with van der Waals surface area (Å²) in [5.41, 5.74) is 5.17. The fraction of sp³-hybridized carbons (Fsp3) is 0.333. The molecule has 0 unspecified atom stereocenters. The van der Waals surface area contributed by atoms with Gasteiger partial charge in [0.2, 0.25) is 0 Å². The topological polar surface area (TPSA) is 32.7 Å². The van der Waals surface area contributed by atoms with Crippen LogP contribution in [0.1, 0.15) is 36.0 Å². The molecule has 1 fully saturated rings. The van der Waals surface area contributed by atoms with Gasteiger partial charge < -0.3 is 9.84 Å². The lowest BCUT2D eigenvalue weighted by Crippen LogP contribution is -2.37. The van der Waals surface area contributed by atoms with E-state index in [2.05, 4.69) is 95.9 Å². The van der Waals surface area contributed by atoms with E-state index in [4.69, 9.17) is 4.74 Å². The van der Waals surface area contributed by atoms with E-state index in [1.54, 1.807) is 0 Å². The number of nitrogens with zero attached hydrogens (tertiary/aromatic N) is 1. The molecule has 1 aliphatic carbocycles. The molecular formula is C30H35NO2. The molecule has 172 valence electrons. The second kappa shape index (κ2) is 12.5. The first-order valence-electron chi connectivity index (χ1n) is 12.1. The molecule has 3 heteroatoms. The van der Waals surface area contributed by atoms with Gasteiger partial charge in [0.15, 0.2) is 0 Å². The zero-order valence-corrected chi connectivity index (χ0v) is 19.4. The van der Waals surface area contributed by atoms with E-state index in [0.29, 0.717) is 13.2 Å². The maximum absolute atomic E-state index is 9.90. The van der Waals surface area contributed by atoms with Crippen molar-refractivity contribution < 1.29 is 9.84 Å². The van der Waals surface area contributed by atoms with Gasteiger partial charge in [-0.2, -0.15) is 0 Å². The number of aliphatic hydroxyl groups is 1. The van der Waals surface area contributed by atoms with E-state index < -0.39 is 0 Å². The van der Waals surface area contributed by atoms with Crippen molar-refractivity contribution in [2.24, 2.45) is 5.92 Å². The minimum atomic E-state index is 0.135. The van der Waals surface area contributed by atoms with Gasteiger partial charge in [-0.15, -0.1) is 0 Å². The van der Waals surface area contributed by atoms with Gasteiger partial charge in [0.05, 0.1) is 19.3 Å². The van der Waals surface area contributed by atoms with Crippen LogP contribution in [-0.2, 0) is 24.4 Å². The number of hydrogen-bond acceptors (Lipinski definition) is 3. The molecular weight excluding hydrogens is 406 g/mol. The quantitative estimate of drug-likeness (QED) is 0.371. The standard InChI is InChI=1S/C30H35NO2/c32-22-29-18-10-17-28(29)19-30(24-33-23-27-15-8-3-9-16-27)31(20-25-11-4-1-5-12-25)21-26-13-6-2-7-14-26/h1-9,11-16,19,29-30,32H,10,17-18,20-24H2/b28-19+/t29-,30+/m0/s1. The minimum Gasteiger partial charge on any atom is -0.396 e. The van der Waals surface area contributed by atoms with Crippen LogP contribution in [0.4, 0.5) is 0 Å². The summed E-state index contributed by atoms with van der Waals surface area (Å²) in [6, 6.07) is 31.8. The summed E-state index contributed by atoms with van der Waals surface area (Å²) in [6.07, 6.45) is 5.71. The van der Waals surface area contributed by atoms with Gasteiger partial charge in [0, 0.05) is 25.6 Å². The first kappa shape index (κ1) is 23.4. The van der Waals surface area contributed by atoms with E-state index >= 15 is 0 Å². The van der Waals surface area contributed by atoms with Crippen molar-refractivity contribution in [3.8, 4) is 0 Å². The third-order valence-corrected chi connectivity index (χ3v) is 6.50. The van der Waals surface area contributed by atoms with Crippen LogP contribution >= 0.6 is 0 Å². The zero-order valence-electron chi connectivity index (χ0n) is 19.4. The highest BCUT2D eigenvalue weighted by molar-refractivity contribution is 5.20. The Bertz CT molecular complexity index is 930. The van der Waals surface area contributed by atoms with Crippen LogP contribution in [0.25, 0.3) is 0 Å². The minimum absolute atomic E-state index is 0.135. The zero-order chi connectivity index (χ0) is 22.7. The van der Waals surface area contributed by atoms with Crippen LogP contribution in [0, 0.1) is 5.92 Å². The Labute approximate surface area is 198 Å². The van der Waals surface area contributed by atoms with Crippen molar-refractivity contribution in [3.63, 3.8) is 0 Å². The summed E-state index contributed by atoms with van der Waals surface area (Å²) < 4.78 is 6.27. The summed E-state index contributed by atoms with van der Waals surface area (Å²) in [7, 11) is 0. The summed E-state index contributed by atoms with van der Waals surface area (Å²) in [4.78, 5) is 2.51. The maximum atomic E-state index is 9.90. The molecule has 0 radical (unpaired) electrons. The highest BCUT2D eigenvalue weighted by Gasteiger charge is 2.24. The largest absolute Gasteiger partial charge is 0.396 e. The highest BCUT2D eigenvalue weighted by Crippen LogP contribution is 2.32. The van der Waals surface area contributed by atoms with Crippen LogP contribution in [0.2, 0.25) is 0 Å². The molecule has 33 heavy (non-hydrogen) atoms. The summed E-state index contributed by atoms with van der Waals surface area (Å²) in [5, 5.41) is 9.90. The molecule has 0 heterocycles. The van der Waals surface area contributed by atoms with Gasteiger partial charge in [-0.1, -0.05) is 103 Å². The fourth-order valence-corrected chi connectivity index (χ4v) is 4.67. The molecule has 0 amide bonds. The fourth-order valence-electron chi connectivity index (χ4n) is 4.67. The van der Waals surface area contributed by atoms with Gasteiger partial charge in [0.1, 0.15) is 0 Å². The Balaban J connectivity index is 1.57. The lowest BCUT2D eigenvalue weighted by Gasteiger charge is -2.31. The molecule has 2 atom stereocenters. The predicted molar refractivity (Wildman–Crippen MR) is 135 cm³/mol. The average Bonchev–Trinajstić information content (AvgIpc) is 3.32.